The molecule has 0 spiro atoms. The normalized spacial score (nSPS) is 18.9. The summed E-state index contributed by atoms with van der Waals surface area (Å²) in [6.45, 7) is 9.61. The first-order chi connectivity index (χ1) is 9.97. The van der Waals surface area contributed by atoms with Crippen LogP contribution in [0.2, 0.25) is 0 Å². The first-order valence-corrected chi connectivity index (χ1v) is 9.38. The van der Waals surface area contributed by atoms with Crippen molar-refractivity contribution in [3.05, 3.63) is 19.9 Å². The molecular weight excluding hydrogens is 397 g/mol. The number of likely N-dealkylation sites (N-methyl/N-ethyl adjacent to an activating group) is 1. The van der Waals surface area contributed by atoms with Crippen LogP contribution in [0.4, 0.5) is 0 Å². The van der Waals surface area contributed by atoms with Gasteiger partial charge >= 0.3 is 0 Å². The molecule has 1 aliphatic heterocycles. The summed E-state index contributed by atoms with van der Waals surface area (Å²) in [4.78, 5) is 17.1. The number of halogens is 1. The van der Waals surface area contributed by atoms with Crippen molar-refractivity contribution in [2.45, 2.75) is 19.9 Å². The second kappa shape index (κ2) is 7.89. The molecule has 4 nitrogen and oxygen atoms in total. The Morgan fingerprint density at radius 2 is 2.05 bits per heavy atom. The molecule has 1 fully saturated rings. The molecule has 21 heavy (non-hydrogen) atoms. The summed E-state index contributed by atoms with van der Waals surface area (Å²) in [5.41, 5.74) is 0.783. The largest absolute Gasteiger partial charge is 0.350 e. The summed E-state index contributed by atoms with van der Waals surface area (Å²) < 4.78 is 1.15. The summed E-state index contributed by atoms with van der Waals surface area (Å²) in [7, 11) is 2.17. The Hall–Kier alpha value is -0.180. The van der Waals surface area contributed by atoms with Crippen LogP contribution in [-0.2, 0) is 0 Å². The van der Waals surface area contributed by atoms with Crippen LogP contribution >= 0.6 is 33.9 Å². The fourth-order valence-electron chi connectivity index (χ4n) is 2.67. The van der Waals surface area contributed by atoms with Gasteiger partial charge in [-0.3, -0.25) is 9.69 Å². The van der Waals surface area contributed by atoms with Gasteiger partial charge in [0.1, 0.15) is 0 Å². The lowest BCUT2D eigenvalue weighted by molar-refractivity contribution is 0.0791. The third-order valence-electron chi connectivity index (χ3n) is 4.08. The van der Waals surface area contributed by atoms with Crippen molar-refractivity contribution >= 4 is 39.8 Å². The molecule has 0 bridgehead atoms. The van der Waals surface area contributed by atoms with Gasteiger partial charge in [0, 0.05) is 44.1 Å². The van der Waals surface area contributed by atoms with Crippen molar-refractivity contribution in [3.8, 4) is 0 Å². The van der Waals surface area contributed by atoms with E-state index in [4.69, 9.17) is 0 Å². The van der Waals surface area contributed by atoms with E-state index in [9.17, 15) is 4.79 Å². The van der Waals surface area contributed by atoms with Gasteiger partial charge < -0.3 is 10.2 Å². The summed E-state index contributed by atoms with van der Waals surface area (Å²) in [6.07, 6.45) is 0. The van der Waals surface area contributed by atoms with Crippen LogP contribution in [0, 0.1) is 8.80 Å². The summed E-state index contributed by atoms with van der Waals surface area (Å²) in [5, 5.41) is 5.04. The number of piperazine rings is 1. The molecule has 1 saturated heterocycles. The second-order valence-corrected chi connectivity index (χ2v) is 8.81. The van der Waals surface area contributed by atoms with Gasteiger partial charge in [0.15, 0.2) is 0 Å². The molecular formula is C15H24IN3OS. The lowest BCUT2D eigenvalue weighted by Crippen LogP contribution is -2.54. The minimum Gasteiger partial charge on any atom is -0.350 e. The van der Waals surface area contributed by atoms with E-state index in [2.05, 4.69) is 58.6 Å². The Labute approximate surface area is 145 Å². The maximum atomic E-state index is 12.2. The number of nitrogens with one attached hydrogen (secondary N) is 1. The Morgan fingerprint density at radius 1 is 1.38 bits per heavy atom. The molecule has 0 aromatic carbocycles. The highest BCUT2D eigenvalue weighted by atomic mass is 127. The van der Waals surface area contributed by atoms with E-state index in [1.807, 2.05) is 11.4 Å². The van der Waals surface area contributed by atoms with Crippen molar-refractivity contribution in [2.75, 3.05) is 39.8 Å². The van der Waals surface area contributed by atoms with Crippen LogP contribution in [-0.4, -0.2) is 61.5 Å². The van der Waals surface area contributed by atoms with Crippen LogP contribution < -0.4 is 5.32 Å². The number of hydrogen-bond donors (Lipinski definition) is 1. The number of carbonyl (C=O) groups is 1. The van der Waals surface area contributed by atoms with Gasteiger partial charge in [-0.2, -0.15) is 0 Å². The predicted molar refractivity (Wildman–Crippen MR) is 97.1 cm³/mol. The monoisotopic (exact) mass is 421 g/mol. The van der Waals surface area contributed by atoms with Crippen LogP contribution in [0.5, 0.6) is 0 Å². The van der Waals surface area contributed by atoms with Gasteiger partial charge in [-0.15, -0.1) is 11.3 Å². The Morgan fingerprint density at radius 3 is 2.57 bits per heavy atom. The third-order valence-corrected chi connectivity index (χ3v) is 5.87. The van der Waals surface area contributed by atoms with Crippen molar-refractivity contribution in [3.63, 3.8) is 0 Å². The summed E-state index contributed by atoms with van der Waals surface area (Å²) in [5.74, 6) is 0.588. The van der Waals surface area contributed by atoms with Crippen molar-refractivity contribution in [2.24, 2.45) is 5.92 Å². The average molecular weight is 421 g/mol. The van der Waals surface area contributed by atoms with Gasteiger partial charge in [-0.1, -0.05) is 13.8 Å². The number of hydrogen-bond acceptors (Lipinski definition) is 4. The molecule has 0 aliphatic carbocycles. The highest BCUT2D eigenvalue weighted by Gasteiger charge is 2.25. The van der Waals surface area contributed by atoms with Crippen LogP contribution in [0.1, 0.15) is 24.2 Å². The topological polar surface area (TPSA) is 35.6 Å². The maximum absolute atomic E-state index is 12.2. The first-order valence-electron chi connectivity index (χ1n) is 7.42. The maximum Gasteiger partial charge on any atom is 0.252 e. The second-order valence-electron chi connectivity index (χ2n) is 6.00. The van der Waals surface area contributed by atoms with Crippen LogP contribution in [0.15, 0.2) is 11.4 Å². The van der Waals surface area contributed by atoms with Crippen molar-refractivity contribution in [1.29, 1.82) is 0 Å². The minimum absolute atomic E-state index is 0.0499. The van der Waals surface area contributed by atoms with Gasteiger partial charge in [0.05, 0.1) is 8.45 Å². The Bertz CT molecular complexity index is 469. The molecule has 2 heterocycles. The van der Waals surface area contributed by atoms with Crippen LogP contribution in [0.3, 0.4) is 0 Å². The third kappa shape index (κ3) is 4.91. The molecule has 2 rings (SSSR count). The smallest absolute Gasteiger partial charge is 0.252 e. The van der Waals surface area contributed by atoms with E-state index >= 15 is 0 Å². The predicted octanol–water partition coefficient (Wildman–Crippen LogP) is 2.35. The van der Waals surface area contributed by atoms with E-state index in [0.29, 0.717) is 12.0 Å². The molecule has 1 atom stereocenters. The van der Waals surface area contributed by atoms with E-state index in [1.54, 1.807) is 11.3 Å². The lowest BCUT2D eigenvalue weighted by atomic mass is 10.0. The summed E-state index contributed by atoms with van der Waals surface area (Å²) >= 11 is 3.86. The molecule has 0 saturated carbocycles. The van der Waals surface area contributed by atoms with E-state index in [-0.39, 0.29) is 5.91 Å². The number of amides is 1. The zero-order valence-electron chi connectivity index (χ0n) is 12.9. The molecule has 0 radical (unpaired) electrons. The SMILES string of the molecule is CC(C)C(CNC(=O)c1csc(I)c1)N1CCN(C)CC1. The fourth-order valence-corrected chi connectivity index (χ4v) is 4.00. The molecule has 118 valence electrons. The molecule has 1 aromatic rings. The average Bonchev–Trinajstić information content (AvgIpc) is 2.87. The number of nitrogens with zero attached hydrogens (tertiary/aromatic N) is 2. The Balaban J connectivity index is 1.89. The van der Waals surface area contributed by atoms with Gasteiger partial charge in [0.2, 0.25) is 0 Å². The standard InChI is InChI=1S/C15H24IN3OS/c1-11(2)13(19-6-4-18(3)5-7-19)9-17-15(20)12-8-14(16)21-10-12/h8,10-11,13H,4-7,9H2,1-3H3,(H,17,20). The molecule has 1 aromatic heterocycles. The minimum atomic E-state index is 0.0499. The van der Waals surface area contributed by atoms with Gasteiger partial charge in [-0.05, 0) is 41.6 Å². The molecule has 1 aliphatic rings. The highest BCUT2D eigenvalue weighted by molar-refractivity contribution is 14.1. The quantitative estimate of drug-likeness (QED) is 0.742. The lowest BCUT2D eigenvalue weighted by Gasteiger charge is -2.39. The van der Waals surface area contributed by atoms with E-state index in [1.165, 1.54) is 0 Å². The first kappa shape index (κ1) is 17.2. The van der Waals surface area contributed by atoms with Crippen LogP contribution in [0.25, 0.3) is 0 Å². The van der Waals surface area contributed by atoms with E-state index in [0.717, 1.165) is 41.2 Å². The molecule has 6 heteroatoms. The number of rotatable bonds is 5. The fraction of sp³-hybridized carbons (Fsp3) is 0.667. The molecule has 1 amide bonds. The van der Waals surface area contributed by atoms with E-state index < -0.39 is 0 Å². The molecule has 1 N–H and O–H groups in total. The number of carbonyl (C=O) groups excluding carboxylic acids is 1. The summed E-state index contributed by atoms with van der Waals surface area (Å²) in [6, 6.07) is 2.36. The highest BCUT2D eigenvalue weighted by Crippen LogP contribution is 2.17. The van der Waals surface area contributed by atoms with Crippen molar-refractivity contribution < 1.29 is 4.79 Å². The zero-order chi connectivity index (χ0) is 15.4. The van der Waals surface area contributed by atoms with Crippen molar-refractivity contribution in [1.82, 2.24) is 15.1 Å². The molecule has 1 unspecified atom stereocenters. The zero-order valence-corrected chi connectivity index (χ0v) is 15.9. The van der Waals surface area contributed by atoms with Gasteiger partial charge in [-0.25, -0.2) is 0 Å². The van der Waals surface area contributed by atoms with Gasteiger partial charge in [0.25, 0.3) is 5.91 Å². The Kier molecular flexibility index (Phi) is 6.46. The number of thiophene rings is 1.